The minimum atomic E-state index is -1.09. The van der Waals surface area contributed by atoms with Crippen molar-refractivity contribution in [2.24, 2.45) is 5.92 Å². The minimum absolute atomic E-state index is 0.0339. The van der Waals surface area contributed by atoms with Crippen LogP contribution in [0.25, 0.3) is 0 Å². The van der Waals surface area contributed by atoms with Gasteiger partial charge in [-0.3, -0.25) is 4.79 Å². The Morgan fingerprint density at radius 3 is 2.65 bits per heavy atom. The van der Waals surface area contributed by atoms with Crippen LogP contribution in [0.5, 0.6) is 5.75 Å². The number of carbonyl (C=O) groups excluding carboxylic acids is 1. The Kier molecular flexibility index (Phi) is 4.57. The van der Waals surface area contributed by atoms with E-state index >= 15 is 0 Å². The summed E-state index contributed by atoms with van der Waals surface area (Å²) in [5.74, 6) is -0.842. The van der Waals surface area contributed by atoms with Gasteiger partial charge in [0.2, 0.25) is 5.91 Å². The number of amides is 1. The van der Waals surface area contributed by atoms with Crippen molar-refractivity contribution in [3.63, 3.8) is 0 Å². The van der Waals surface area contributed by atoms with Gasteiger partial charge in [-0.05, 0) is 44.1 Å². The molecule has 1 heterocycles. The normalized spacial score (nSPS) is 15.7. The zero-order chi connectivity index (χ0) is 14.5. The topological polar surface area (TPSA) is 87.7 Å². The van der Waals surface area contributed by atoms with Crippen LogP contribution in [0.2, 0.25) is 0 Å². The smallest absolute Gasteiger partial charge is 0.337 e. The van der Waals surface area contributed by atoms with Crippen LogP contribution in [0.1, 0.15) is 23.2 Å². The van der Waals surface area contributed by atoms with E-state index in [2.05, 4.69) is 10.6 Å². The molecule has 0 unspecified atom stereocenters. The molecule has 3 N–H and O–H groups in total. The second kappa shape index (κ2) is 6.38. The summed E-state index contributed by atoms with van der Waals surface area (Å²) >= 11 is 0. The highest BCUT2D eigenvalue weighted by atomic mass is 16.5. The van der Waals surface area contributed by atoms with Crippen molar-refractivity contribution in [2.45, 2.75) is 12.8 Å². The summed E-state index contributed by atoms with van der Waals surface area (Å²) in [6, 6.07) is 4.59. The Morgan fingerprint density at radius 2 is 2.05 bits per heavy atom. The van der Waals surface area contributed by atoms with E-state index in [1.807, 2.05) is 0 Å². The summed E-state index contributed by atoms with van der Waals surface area (Å²) in [5.41, 5.74) is 0.341. The van der Waals surface area contributed by atoms with Crippen LogP contribution in [0.3, 0.4) is 0 Å². The van der Waals surface area contributed by atoms with E-state index in [0.717, 1.165) is 25.9 Å². The number of benzene rings is 1. The summed E-state index contributed by atoms with van der Waals surface area (Å²) in [4.78, 5) is 23.4. The highest BCUT2D eigenvalue weighted by Gasteiger charge is 2.22. The first-order valence-electron chi connectivity index (χ1n) is 6.54. The third-order valence-electron chi connectivity index (χ3n) is 3.42. The number of nitrogens with one attached hydrogen (secondary N) is 2. The summed E-state index contributed by atoms with van der Waals surface area (Å²) < 4.78 is 5.00. The van der Waals surface area contributed by atoms with Crippen molar-refractivity contribution < 1.29 is 19.4 Å². The summed E-state index contributed by atoms with van der Waals surface area (Å²) in [6.45, 7) is 1.62. The van der Waals surface area contributed by atoms with Gasteiger partial charge in [0.1, 0.15) is 5.75 Å². The molecule has 1 aromatic rings. The van der Waals surface area contributed by atoms with Gasteiger partial charge in [-0.1, -0.05) is 0 Å². The Labute approximate surface area is 117 Å². The molecule has 1 amide bonds. The first-order chi connectivity index (χ1) is 9.61. The number of carboxylic acid groups (broad SMARTS) is 1. The van der Waals surface area contributed by atoms with Crippen LogP contribution in [0, 0.1) is 5.92 Å². The number of carboxylic acids is 1. The molecule has 20 heavy (non-hydrogen) atoms. The fourth-order valence-corrected chi connectivity index (χ4v) is 2.26. The summed E-state index contributed by atoms with van der Waals surface area (Å²) in [6.07, 6.45) is 1.54. The van der Waals surface area contributed by atoms with Crippen LogP contribution in [-0.2, 0) is 4.79 Å². The van der Waals surface area contributed by atoms with Crippen LogP contribution >= 0.6 is 0 Å². The molecule has 0 aliphatic carbocycles. The summed E-state index contributed by atoms with van der Waals surface area (Å²) in [5, 5.41) is 15.1. The number of ether oxygens (including phenoxy) is 1. The molecule has 0 saturated carbocycles. The third-order valence-corrected chi connectivity index (χ3v) is 3.42. The molecule has 2 rings (SSSR count). The highest BCUT2D eigenvalue weighted by Crippen LogP contribution is 2.23. The number of piperidine rings is 1. The molecule has 0 atom stereocenters. The fraction of sp³-hybridized carbons (Fsp3) is 0.429. The third kappa shape index (κ3) is 3.27. The zero-order valence-electron chi connectivity index (χ0n) is 11.3. The predicted octanol–water partition coefficient (Wildman–Crippen LogP) is 1.33. The number of hydrogen-bond acceptors (Lipinski definition) is 4. The lowest BCUT2D eigenvalue weighted by Gasteiger charge is -2.22. The molecule has 1 aromatic carbocycles. The summed E-state index contributed by atoms with van der Waals surface area (Å²) in [7, 11) is 1.47. The molecule has 1 aliphatic heterocycles. The zero-order valence-corrected chi connectivity index (χ0v) is 11.3. The molecule has 108 valence electrons. The van der Waals surface area contributed by atoms with Crippen LogP contribution < -0.4 is 15.4 Å². The number of hydrogen-bond donors (Lipinski definition) is 3. The number of rotatable bonds is 4. The van der Waals surface area contributed by atoms with Gasteiger partial charge in [-0.25, -0.2) is 4.79 Å². The van der Waals surface area contributed by atoms with Crippen molar-refractivity contribution in [2.75, 3.05) is 25.5 Å². The Balaban J connectivity index is 2.15. The van der Waals surface area contributed by atoms with E-state index in [1.54, 1.807) is 12.1 Å². The van der Waals surface area contributed by atoms with Gasteiger partial charge in [0.15, 0.2) is 0 Å². The molecule has 0 radical (unpaired) electrons. The molecule has 0 spiro atoms. The fourth-order valence-electron chi connectivity index (χ4n) is 2.26. The maximum absolute atomic E-state index is 12.1. The van der Waals surface area contributed by atoms with Gasteiger partial charge in [0.05, 0.1) is 18.4 Å². The van der Waals surface area contributed by atoms with E-state index in [1.165, 1.54) is 13.2 Å². The van der Waals surface area contributed by atoms with Gasteiger partial charge in [-0.15, -0.1) is 0 Å². The number of carbonyl (C=O) groups is 2. The van der Waals surface area contributed by atoms with Crippen LogP contribution in [-0.4, -0.2) is 37.2 Å². The number of aromatic carboxylic acids is 1. The molecule has 6 nitrogen and oxygen atoms in total. The average Bonchev–Trinajstić information content (AvgIpc) is 2.48. The monoisotopic (exact) mass is 278 g/mol. The quantitative estimate of drug-likeness (QED) is 0.773. The lowest BCUT2D eigenvalue weighted by molar-refractivity contribution is -0.120. The molecule has 0 aromatic heterocycles. The van der Waals surface area contributed by atoms with E-state index in [-0.39, 0.29) is 17.4 Å². The van der Waals surface area contributed by atoms with Crippen molar-refractivity contribution in [3.05, 3.63) is 23.8 Å². The van der Waals surface area contributed by atoms with Crippen molar-refractivity contribution in [1.82, 2.24) is 5.32 Å². The number of methoxy groups -OCH3 is 1. The average molecular weight is 278 g/mol. The maximum Gasteiger partial charge on any atom is 0.337 e. The van der Waals surface area contributed by atoms with Gasteiger partial charge < -0.3 is 20.5 Å². The van der Waals surface area contributed by atoms with E-state index < -0.39 is 5.97 Å². The Morgan fingerprint density at radius 1 is 1.35 bits per heavy atom. The lowest BCUT2D eigenvalue weighted by atomic mass is 9.97. The van der Waals surface area contributed by atoms with Crippen molar-refractivity contribution in [3.8, 4) is 5.75 Å². The molecule has 1 aliphatic rings. The Bertz CT molecular complexity index is 510. The first kappa shape index (κ1) is 14.3. The molecule has 1 fully saturated rings. The van der Waals surface area contributed by atoms with Crippen LogP contribution in [0.15, 0.2) is 18.2 Å². The van der Waals surface area contributed by atoms with Gasteiger partial charge >= 0.3 is 5.97 Å². The molecule has 6 heteroatoms. The van der Waals surface area contributed by atoms with Crippen molar-refractivity contribution >= 4 is 17.6 Å². The second-order valence-electron chi connectivity index (χ2n) is 4.73. The van der Waals surface area contributed by atoms with Gasteiger partial charge in [0.25, 0.3) is 0 Å². The van der Waals surface area contributed by atoms with Crippen molar-refractivity contribution in [1.29, 1.82) is 0 Å². The first-order valence-corrected chi connectivity index (χ1v) is 6.54. The molecule has 1 saturated heterocycles. The molecular formula is C14H18N2O4. The van der Waals surface area contributed by atoms with Crippen LogP contribution in [0.4, 0.5) is 5.69 Å². The number of anilines is 1. The predicted molar refractivity (Wildman–Crippen MR) is 74.2 cm³/mol. The lowest BCUT2D eigenvalue weighted by Crippen LogP contribution is -2.34. The highest BCUT2D eigenvalue weighted by molar-refractivity contribution is 6.01. The minimum Gasteiger partial charge on any atom is -0.497 e. The SMILES string of the molecule is COc1ccc(NC(=O)C2CCNCC2)c(C(=O)O)c1. The second-order valence-corrected chi connectivity index (χ2v) is 4.73. The molecular weight excluding hydrogens is 260 g/mol. The standard InChI is InChI=1S/C14H18N2O4/c1-20-10-2-3-12(11(8-10)14(18)19)16-13(17)9-4-6-15-7-5-9/h2-3,8-9,15H,4-7H2,1H3,(H,16,17)(H,18,19). The van der Waals surface area contributed by atoms with E-state index in [9.17, 15) is 14.7 Å². The molecule has 0 bridgehead atoms. The van der Waals surface area contributed by atoms with E-state index in [0.29, 0.717) is 11.4 Å². The van der Waals surface area contributed by atoms with Gasteiger partial charge in [0, 0.05) is 5.92 Å². The maximum atomic E-state index is 12.1. The van der Waals surface area contributed by atoms with E-state index in [4.69, 9.17) is 4.74 Å². The largest absolute Gasteiger partial charge is 0.497 e. The Hall–Kier alpha value is -2.08. The van der Waals surface area contributed by atoms with Gasteiger partial charge in [-0.2, -0.15) is 0 Å².